The summed E-state index contributed by atoms with van der Waals surface area (Å²) >= 11 is 0. The average molecular weight is 234 g/mol. The largest absolute Gasteiger partial charge is 0.474 e. The molecule has 0 saturated carbocycles. The van der Waals surface area contributed by atoms with E-state index < -0.39 is 0 Å². The van der Waals surface area contributed by atoms with Gasteiger partial charge in [0.15, 0.2) is 0 Å². The summed E-state index contributed by atoms with van der Waals surface area (Å²) in [5.41, 5.74) is 1.29. The minimum Gasteiger partial charge on any atom is -0.474 e. The Kier molecular flexibility index (Phi) is 4.37. The van der Waals surface area contributed by atoms with Gasteiger partial charge in [0.1, 0.15) is 6.10 Å². The van der Waals surface area contributed by atoms with Gasteiger partial charge in [-0.2, -0.15) is 0 Å². The number of aromatic nitrogens is 1. The molecule has 0 radical (unpaired) electrons. The van der Waals surface area contributed by atoms with Crippen LogP contribution >= 0.6 is 0 Å². The SMILES string of the molecule is CC(C)Cc1ccc(OC2CCNCC2)nc1. The number of hydrogen-bond donors (Lipinski definition) is 1. The van der Waals surface area contributed by atoms with E-state index >= 15 is 0 Å². The van der Waals surface area contributed by atoms with E-state index in [-0.39, 0.29) is 0 Å². The summed E-state index contributed by atoms with van der Waals surface area (Å²) in [6.07, 6.45) is 5.52. The van der Waals surface area contributed by atoms with Crippen LogP contribution in [-0.4, -0.2) is 24.2 Å². The van der Waals surface area contributed by atoms with Gasteiger partial charge in [-0.05, 0) is 43.8 Å². The van der Waals surface area contributed by atoms with Crippen LogP contribution in [0, 0.1) is 5.92 Å². The quantitative estimate of drug-likeness (QED) is 0.868. The number of pyridine rings is 1. The van der Waals surface area contributed by atoms with E-state index in [4.69, 9.17) is 4.74 Å². The van der Waals surface area contributed by atoms with E-state index in [9.17, 15) is 0 Å². The zero-order valence-electron chi connectivity index (χ0n) is 10.8. The molecule has 0 aromatic carbocycles. The van der Waals surface area contributed by atoms with Crippen molar-refractivity contribution in [3.63, 3.8) is 0 Å². The number of nitrogens with one attached hydrogen (secondary N) is 1. The molecule has 17 heavy (non-hydrogen) atoms. The molecule has 0 aliphatic carbocycles. The van der Waals surface area contributed by atoms with E-state index in [2.05, 4.69) is 30.2 Å². The Morgan fingerprint density at radius 3 is 2.71 bits per heavy atom. The van der Waals surface area contributed by atoms with E-state index in [1.54, 1.807) is 0 Å². The molecule has 94 valence electrons. The van der Waals surface area contributed by atoms with Crippen LogP contribution in [0.1, 0.15) is 32.3 Å². The van der Waals surface area contributed by atoms with Crippen molar-refractivity contribution >= 4 is 0 Å². The second-order valence-corrected chi connectivity index (χ2v) is 5.17. The lowest BCUT2D eigenvalue weighted by atomic mass is 10.1. The Morgan fingerprint density at radius 2 is 2.12 bits per heavy atom. The molecule has 3 heteroatoms. The van der Waals surface area contributed by atoms with Crippen LogP contribution in [0.5, 0.6) is 5.88 Å². The first kappa shape index (κ1) is 12.4. The molecule has 0 bridgehead atoms. The smallest absolute Gasteiger partial charge is 0.213 e. The number of rotatable bonds is 4. The molecular weight excluding hydrogens is 212 g/mol. The Labute approximate surface area is 104 Å². The standard InChI is InChI=1S/C14H22N2O/c1-11(2)9-12-3-4-14(16-10-12)17-13-5-7-15-8-6-13/h3-4,10-11,13,15H,5-9H2,1-2H3. The van der Waals surface area contributed by atoms with Crippen molar-refractivity contribution in [2.45, 2.75) is 39.2 Å². The van der Waals surface area contributed by atoms with Gasteiger partial charge in [-0.15, -0.1) is 0 Å². The van der Waals surface area contributed by atoms with Gasteiger partial charge in [0, 0.05) is 12.3 Å². The third kappa shape index (κ3) is 4.00. The minimum atomic E-state index is 0.333. The number of hydrogen-bond acceptors (Lipinski definition) is 3. The van der Waals surface area contributed by atoms with E-state index in [0.717, 1.165) is 38.2 Å². The highest BCUT2D eigenvalue weighted by Gasteiger charge is 2.14. The van der Waals surface area contributed by atoms with Gasteiger partial charge in [0.25, 0.3) is 0 Å². The molecule has 1 aromatic rings. The van der Waals surface area contributed by atoms with Crippen molar-refractivity contribution in [2.24, 2.45) is 5.92 Å². The van der Waals surface area contributed by atoms with Crippen LogP contribution in [0.4, 0.5) is 0 Å². The van der Waals surface area contributed by atoms with Gasteiger partial charge in [-0.25, -0.2) is 4.98 Å². The van der Waals surface area contributed by atoms with Gasteiger partial charge in [0.05, 0.1) is 0 Å². The summed E-state index contributed by atoms with van der Waals surface area (Å²) in [6, 6.07) is 4.13. The maximum atomic E-state index is 5.86. The van der Waals surface area contributed by atoms with Crippen LogP contribution in [0.2, 0.25) is 0 Å². The van der Waals surface area contributed by atoms with Crippen LogP contribution in [0.25, 0.3) is 0 Å². The van der Waals surface area contributed by atoms with Crippen molar-refractivity contribution < 1.29 is 4.74 Å². The van der Waals surface area contributed by atoms with Crippen molar-refractivity contribution in [1.82, 2.24) is 10.3 Å². The summed E-state index contributed by atoms with van der Waals surface area (Å²) in [5, 5.41) is 3.33. The second-order valence-electron chi connectivity index (χ2n) is 5.17. The topological polar surface area (TPSA) is 34.1 Å². The maximum absolute atomic E-state index is 5.86. The predicted molar refractivity (Wildman–Crippen MR) is 69.3 cm³/mol. The Bertz CT molecular complexity index is 329. The Morgan fingerprint density at radius 1 is 1.35 bits per heavy atom. The molecule has 1 aliphatic heterocycles. The van der Waals surface area contributed by atoms with E-state index in [1.807, 2.05) is 12.3 Å². The summed E-state index contributed by atoms with van der Waals surface area (Å²) in [6.45, 7) is 6.55. The fraction of sp³-hybridized carbons (Fsp3) is 0.643. The van der Waals surface area contributed by atoms with Gasteiger partial charge in [-0.3, -0.25) is 0 Å². The molecule has 1 aliphatic rings. The minimum absolute atomic E-state index is 0.333. The molecule has 0 unspecified atom stereocenters. The van der Waals surface area contributed by atoms with E-state index in [0.29, 0.717) is 12.0 Å². The van der Waals surface area contributed by atoms with Crippen molar-refractivity contribution in [2.75, 3.05) is 13.1 Å². The third-order valence-electron chi connectivity index (χ3n) is 3.02. The molecule has 2 heterocycles. The molecule has 0 amide bonds. The molecule has 3 nitrogen and oxygen atoms in total. The van der Waals surface area contributed by atoms with Gasteiger partial charge in [-0.1, -0.05) is 19.9 Å². The fourth-order valence-corrected chi connectivity index (χ4v) is 2.16. The van der Waals surface area contributed by atoms with Crippen molar-refractivity contribution in [3.8, 4) is 5.88 Å². The summed E-state index contributed by atoms with van der Waals surface area (Å²) in [7, 11) is 0. The van der Waals surface area contributed by atoms with Gasteiger partial charge in [0.2, 0.25) is 5.88 Å². The van der Waals surface area contributed by atoms with Gasteiger partial charge >= 0.3 is 0 Å². The lowest BCUT2D eigenvalue weighted by Crippen LogP contribution is -2.34. The first-order chi connectivity index (χ1) is 8.24. The Balaban J connectivity index is 1.88. The lowest BCUT2D eigenvalue weighted by Gasteiger charge is -2.23. The maximum Gasteiger partial charge on any atom is 0.213 e. The number of piperidine rings is 1. The molecule has 1 saturated heterocycles. The summed E-state index contributed by atoms with van der Waals surface area (Å²) < 4.78 is 5.86. The summed E-state index contributed by atoms with van der Waals surface area (Å²) in [5.74, 6) is 1.44. The highest BCUT2D eigenvalue weighted by Crippen LogP contribution is 2.15. The second kappa shape index (κ2) is 6.01. The predicted octanol–water partition coefficient (Wildman–Crippen LogP) is 2.41. The average Bonchev–Trinajstić information content (AvgIpc) is 2.32. The molecular formula is C14H22N2O. The normalized spacial score (nSPS) is 17.4. The molecule has 2 rings (SSSR count). The molecule has 0 atom stereocenters. The van der Waals surface area contributed by atoms with Crippen LogP contribution in [-0.2, 0) is 6.42 Å². The number of nitrogens with zero attached hydrogens (tertiary/aromatic N) is 1. The molecule has 0 spiro atoms. The highest BCUT2D eigenvalue weighted by molar-refractivity contribution is 5.18. The van der Waals surface area contributed by atoms with Gasteiger partial charge < -0.3 is 10.1 Å². The zero-order valence-corrected chi connectivity index (χ0v) is 10.8. The fourth-order valence-electron chi connectivity index (χ4n) is 2.16. The highest BCUT2D eigenvalue weighted by atomic mass is 16.5. The number of ether oxygens (including phenoxy) is 1. The molecule has 1 N–H and O–H groups in total. The van der Waals surface area contributed by atoms with Crippen LogP contribution in [0.15, 0.2) is 18.3 Å². The molecule has 1 aromatic heterocycles. The zero-order chi connectivity index (χ0) is 12.1. The lowest BCUT2D eigenvalue weighted by molar-refractivity contribution is 0.156. The Hall–Kier alpha value is -1.09. The van der Waals surface area contributed by atoms with Crippen LogP contribution in [0.3, 0.4) is 0 Å². The summed E-state index contributed by atoms with van der Waals surface area (Å²) in [4.78, 5) is 4.38. The van der Waals surface area contributed by atoms with Crippen molar-refractivity contribution in [1.29, 1.82) is 0 Å². The first-order valence-electron chi connectivity index (χ1n) is 6.56. The van der Waals surface area contributed by atoms with Crippen molar-refractivity contribution in [3.05, 3.63) is 23.9 Å². The molecule has 1 fully saturated rings. The first-order valence-corrected chi connectivity index (χ1v) is 6.56. The van der Waals surface area contributed by atoms with Crippen LogP contribution < -0.4 is 10.1 Å². The monoisotopic (exact) mass is 234 g/mol. The third-order valence-corrected chi connectivity index (χ3v) is 3.02. The van der Waals surface area contributed by atoms with E-state index in [1.165, 1.54) is 5.56 Å².